The maximum atomic E-state index is 4.76. The van der Waals surface area contributed by atoms with Crippen molar-refractivity contribution in [2.45, 2.75) is 33.9 Å². The molecule has 1 aromatic carbocycles. The number of hydrogen-bond acceptors (Lipinski definition) is 2. The predicted molar refractivity (Wildman–Crippen MR) is 71.3 cm³/mol. The first-order chi connectivity index (χ1) is 8.76. The highest BCUT2D eigenvalue weighted by molar-refractivity contribution is 5.81. The number of fused-ring (bicyclic) bond motifs is 2. The van der Waals surface area contributed by atoms with Crippen LogP contribution in [-0.2, 0) is 13.1 Å². The molecule has 0 saturated carbocycles. The van der Waals surface area contributed by atoms with Gasteiger partial charge in [0, 0.05) is 6.92 Å². The summed E-state index contributed by atoms with van der Waals surface area (Å²) in [5.41, 5.74) is 3.88. The van der Waals surface area contributed by atoms with Gasteiger partial charge in [0.25, 0.3) is 5.65 Å². The normalized spacial score (nSPS) is 11.5. The molecule has 0 aliphatic carbocycles. The number of aromatic nitrogens is 4. The molecule has 4 nitrogen and oxygen atoms in total. The number of benzene rings is 1. The summed E-state index contributed by atoms with van der Waals surface area (Å²) in [6.45, 7) is 8.25. The molecule has 3 aromatic rings. The van der Waals surface area contributed by atoms with Gasteiger partial charge >= 0.3 is 5.65 Å². The van der Waals surface area contributed by atoms with Crippen LogP contribution in [0.5, 0.6) is 0 Å². The fraction of sp³-hybridized carbons (Fsp3) is 0.357. The van der Waals surface area contributed by atoms with Gasteiger partial charge in [-0.1, -0.05) is 17.1 Å². The van der Waals surface area contributed by atoms with E-state index < -0.39 is 0 Å². The van der Waals surface area contributed by atoms with Gasteiger partial charge in [0.1, 0.15) is 5.52 Å². The lowest BCUT2D eigenvalue weighted by Crippen LogP contribution is -2.35. The van der Waals surface area contributed by atoms with Crippen LogP contribution in [-0.4, -0.2) is 14.5 Å². The second-order valence-corrected chi connectivity index (χ2v) is 4.40. The third-order valence-corrected chi connectivity index (χ3v) is 3.46. The summed E-state index contributed by atoms with van der Waals surface area (Å²) >= 11 is 0. The van der Waals surface area contributed by atoms with E-state index in [-0.39, 0.29) is 0 Å². The molecule has 0 aliphatic heterocycles. The fourth-order valence-corrected chi connectivity index (χ4v) is 2.55. The molecule has 0 amide bonds. The average molecular weight is 241 g/mol. The second-order valence-electron chi connectivity index (χ2n) is 4.40. The molecule has 0 bridgehead atoms. The molecule has 0 radical (unpaired) electrons. The molecular formula is C14H17N4+. The summed E-state index contributed by atoms with van der Waals surface area (Å²) in [5, 5.41) is 0. The van der Waals surface area contributed by atoms with E-state index in [1.807, 2.05) is 24.3 Å². The molecule has 0 N–H and O–H groups in total. The maximum Gasteiger partial charge on any atom is 0.322 e. The van der Waals surface area contributed by atoms with Crippen LogP contribution >= 0.6 is 0 Å². The summed E-state index contributed by atoms with van der Waals surface area (Å²) in [4.78, 5) is 9.52. The maximum absolute atomic E-state index is 4.76. The lowest BCUT2D eigenvalue weighted by molar-refractivity contribution is -0.676. The molecule has 4 heteroatoms. The molecule has 2 heterocycles. The summed E-state index contributed by atoms with van der Waals surface area (Å²) < 4.78 is 4.44. The first-order valence-corrected chi connectivity index (χ1v) is 6.41. The molecule has 18 heavy (non-hydrogen) atoms. The smallest absolute Gasteiger partial charge is 0.242 e. The summed E-state index contributed by atoms with van der Waals surface area (Å²) in [6.07, 6.45) is 0. The Bertz CT molecular complexity index is 667. The zero-order valence-corrected chi connectivity index (χ0v) is 11.0. The van der Waals surface area contributed by atoms with E-state index in [1.54, 1.807) is 0 Å². The van der Waals surface area contributed by atoms with E-state index in [0.717, 1.165) is 35.4 Å². The van der Waals surface area contributed by atoms with Crippen LogP contribution in [0.25, 0.3) is 22.3 Å². The van der Waals surface area contributed by atoms with Gasteiger partial charge in [0.2, 0.25) is 5.82 Å². The number of imidazole rings is 1. The van der Waals surface area contributed by atoms with Crippen LogP contribution in [0.15, 0.2) is 24.3 Å². The van der Waals surface area contributed by atoms with Gasteiger partial charge in [0.05, 0.1) is 13.1 Å². The zero-order valence-electron chi connectivity index (χ0n) is 11.0. The number of aryl methyl sites for hydroxylation is 2. The molecule has 0 atom stereocenters. The van der Waals surface area contributed by atoms with Gasteiger partial charge in [-0.05, 0) is 26.0 Å². The van der Waals surface area contributed by atoms with Gasteiger partial charge in [0.15, 0.2) is 5.52 Å². The average Bonchev–Trinajstić information content (AvgIpc) is 2.66. The molecule has 0 aliphatic rings. The number of hydrogen-bond donors (Lipinski definition) is 0. The van der Waals surface area contributed by atoms with Crippen LogP contribution in [0.3, 0.4) is 0 Å². The van der Waals surface area contributed by atoms with E-state index in [4.69, 9.17) is 9.97 Å². The van der Waals surface area contributed by atoms with Gasteiger partial charge in [-0.25, -0.2) is 14.1 Å². The Morgan fingerprint density at radius 1 is 1.11 bits per heavy atom. The van der Waals surface area contributed by atoms with Crippen molar-refractivity contribution in [3.8, 4) is 0 Å². The third kappa shape index (κ3) is 1.41. The minimum absolute atomic E-state index is 0.919. The highest BCUT2D eigenvalue weighted by Crippen LogP contribution is 2.15. The first-order valence-electron chi connectivity index (χ1n) is 6.41. The summed E-state index contributed by atoms with van der Waals surface area (Å²) in [7, 11) is 0. The Labute approximate surface area is 106 Å². The Morgan fingerprint density at radius 3 is 2.39 bits per heavy atom. The molecule has 0 saturated heterocycles. The highest BCUT2D eigenvalue weighted by atomic mass is 15.2. The molecule has 0 spiro atoms. The van der Waals surface area contributed by atoms with E-state index in [9.17, 15) is 0 Å². The molecule has 2 aromatic heterocycles. The topological polar surface area (TPSA) is 34.6 Å². The first kappa shape index (κ1) is 11.1. The summed E-state index contributed by atoms with van der Waals surface area (Å²) in [6, 6.07) is 8.03. The number of nitrogens with zero attached hydrogens (tertiary/aromatic N) is 4. The second kappa shape index (κ2) is 4.05. The Kier molecular flexibility index (Phi) is 2.51. The van der Waals surface area contributed by atoms with Crippen molar-refractivity contribution >= 4 is 22.3 Å². The van der Waals surface area contributed by atoms with Crippen molar-refractivity contribution in [2.24, 2.45) is 0 Å². The minimum atomic E-state index is 0.919. The minimum Gasteiger partial charge on any atom is -0.242 e. The molecule has 92 valence electrons. The van der Waals surface area contributed by atoms with Gasteiger partial charge < -0.3 is 0 Å². The van der Waals surface area contributed by atoms with Crippen LogP contribution in [0.4, 0.5) is 0 Å². The van der Waals surface area contributed by atoms with Gasteiger partial charge in [-0.2, -0.15) is 0 Å². The van der Waals surface area contributed by atoms with Gasteiger partial charge in [-0.15, -0.1) is 0 Å². The lowest BCUT2D eigenvalue weighted by atomic mass is 10.3. The third-order valence-electron chi connectivity index (χ3n) is 3.46. The standard InChI is InChI=1S/C14H17N4/c1-4-17-10(3)18(5-2)14-13(17)15-11-8-6-7-9-12(11)16-14/h6-9H,4-5H2,1-3H3/q+1. The SMILES string of the molecule is CCn1c(C)[n+](CC)c2nc3ccccc3nc21. The predicted octanol–water partition coefficient (Wildman–Crippen LogP) is 2.22. The van der Waals surface area contributed by atoms with E-state index in [2.05, 4.69) is 29.9 Å². The highest BCUT2D eigenvalue weighted by Gasteiger charge is 2.22. The van der Waals surface area contributed by atoms with Crippen LogP contribution < -0.4 is 4.57 Å². The molecule has 0 fully saturated rings. The summed E-state index contributed by atoms with van der Waals surface area (Å²) in [5.74, 6) is 1.21. The zero-order chi connectivity index (χ0) is 12.7. The van der Waals surface area contributed by atoms with Crippen molar-refractivity contribution in [3.63, 3.8) is 0 Å². The van der Waals surface area contributed by atoms with E-state index in [0.29, 0.717) is 0 Å². The number of rotatable bonds is 2. The largest absolute Gasteiger partial charge is 0.322 e. The van der Waals surface area contributed by atoms with Crippen molar-refractivity contribution in [2.75, 3.05) is 0 Å². The quantitative estimate of drug-likeness (QED) is 0.645. The van der Waals surface area contributed by atoms with Crippen molar-refractivity contribution in [1.29, 1.82) is 0 Å². The van der Waals surface area contributed by atoms with Crippen LogP contribution in [0.2, 0.25) is 0 Å². The Balaban J connectivity index is 2.49. The van der Waals surface area contributed by atoms with Crippen LogP contribution in [0, 0.1) is 6.92 Å². The number of para-hydroxylation sites is 2. The van der Waals surface area contributed by atoms with E-state index in [1.165, 1.54) is 5.82 Å². The van der Waals surface area contributed by atoms with Gasteiger partial charge in [-0.3, -0.25) is 0 Å². The van der Waals surface area contributed by atoms with Crippen molar-refractivity contribution in [3.05, 3.63) is 30.1 Å². The Hall–Kier alpha value is -1.97. The Morgan fingerprint density at radius 2 is 1.78 bits per heavy atom. The van der Waals surface area contributed by atoms with Crippen molar-refractivity contribution in [1.82, 2.24) is 14.5 Å². The van der Waals surface area contributed by atoms with E-state index >= 15 is 0 Å². The molecule has 3 rings (SSSR count). The fourth-order valence-electron chi connectivity index (χ4n) is 2.55. The molecular weight excluding hydrogens is 224 g/mol. The van der Waals surface area contributed by atoms with Crippen molar-refractivity contribution < 1.29 is 4.57 Å². The molecule has 0 unspecified atom stereocenters. The monoisotopic (exact) mass is 241 g/mol. The van der Waals surface area contributed by atoms with Crippen LogP contribution in [0.1, 0.15) is 19.7 Å². The lowest BCUT2D eigenvalue weighted by Gasteiger charge is -1.96.